The van der Waals surface area contributed by atoms with Gasteiger partial charge in [-0.25, -0.2) is 9.37 Å². The third kappa shape index (κ3) is 3.46. The van der Waals surface area contributed by atoms with Crippen LogP contribution in [-0.2, 0) is 11.3 Å². The Kier molecular flexibility index (Phi) is 4.51. The van der Waals surface area contributed by atoms with Gasteiger partial charge in [0.2, 0.25) is 5.91 Å². The van der Waals surface area contributed by atoms with Crippen LogP contribution in [0.15, 0.2) is 6.07 Å². The van der Waals surface area contributed by atoms with Crippen molar-refractivity contribution in [2.75, 3.05) is 0 Å². The SMILES string of the molecule is C[C@@H]1N[C@H](C(=O)NCc2cc(Cl)nc(C3CC3)c2C#N)C[C@H]1F. The Morgan fingerprint density at radius 3 is 2.91 bits per heavy atom. The van der Waals surface area contributed by atoms with Crippen LogP contribution in [0.25, 0.3) is 0 Å². The molecule has 1 amide bonds. The van der Waals surface area contributed by atoms with Gasteiger partial charge < -0.3 is 10.6 Å². The minimum absolute atomic E-state index is 0.169. The van der Waals surface area contributed by atoms with E-state index in [0.717, 1.165) is 18.5 Å². The number of hydrogen-bond acceptors (Lipinski definition) is 4. The Bertz CT molecular complexity index is 661. The molecule has 23 heavy (non-hydrogen) atoms. The zero-order valence-corrected chi connectivity index (χ0v) is 13.5. The molecule has 122 valence electrons. The van der Waals surface area contributed by atoms with E-state index >= 15 is 0 Å². The van der Waals surface area contributed by atoms with Crippen molar-refractivity contribution in [3.05, 3.63) is 28.0 Å². The van der Waals surface area contributed by atoms with Crippen LogP contribution in [-0.4, -0.2) is 29.1 Å². The molecule has 0 aromatic carbocycles. The van der Waals surface area contributed by atoms with Crippen LogP contribution >= 0.6 is 11.6 Å². The minimum Gasteiger partial charge on any atom is -0.351 e. The molecule has 3 atom stereocenters. The summed E-state index contributed by atoms with van der Waals surface area (Å²) < 4.78 is 13.5. The number of nitrogens with one attached hydrogen (secondary N) is 2. The maximum absolute atomic E-state index is 13.5. The van der Waals surface area contributed by atoms with Crippen molar-refractivity contribution in [2.24, 2.45) is 0 Å². The van der Waals surface area contributed by atoms with E-state index in [1.807, 2.05) is 0 Å². The van der Waals surface area contributed by atoms with Gasteiger partial charge in [0.05, 0.1) is 17.3 Å². The fourth-order valence-corrected chi connectivity index (χ4v) is 3.13. The molecule has 1 saturated heterocycles. The number of alkyl halides is 1. The number of aromatic nitrogens is 1. The second-order valence-electron chi connectivity index (χ2n) is 6.23. The van der Waals surface area contributed by atoms with E-state index in [9.17, 15) is 14.4 Å². The Hall–Kier alpha value is -1.71. The van der Waals surface area contributed by atoms with Crippen molar-refractivity contribution in [2.45, 2.75) is 56.9 Å². The normalized spacial score (nSPS) is 26.8. The monoisotopic (exact) mass is 336 g/mol. The largest absolute Gasteiger partial charge is 0.351 e. The molecule has 2 aliphatic rings. The quantitative estimate of drug-likeness (QED) is 0.826. The third-order valence-electron chi connectivity index (χ3n) is 4.41. The highest BCUT2D eigenvalue weighted by Crippen LogP contribution is 2.41. The fraction of sp³-hybridized carbons (Fsp3) is 0.562. The first kappa shape index (κ1) is 16.2. The van der Waals surface area contributed by atoms with Crippen molar-refractivity contribution < 1.29 is 9.18 Å². The van der Waals surface area contributed by atoms with E-state index in [1.165, 1.54) is 0 Å². The molecule has 1 aromatic heterocycles. The Labute approximate surface area is 139 Å². The molecule has 0 radical (unpaired) electrons. The second kappa shape index (κ2) is 6.42. The summed E-state index contributed by atoms with van der Waals surface area (Å²) in [4.78, 5) is 16.4. The summed E-state index contributed by atoms with van der Waals surface area (Å²) in [6.07, 6.45) is 1.17. The van der Waals surface area contributed by atoms with Gasteiger partial charge in [-0.1, -0.05) is 11.6 Å². The van der Waals surface area contributed by atoms with Crippen LogP contribution in [0.2, 0.25) is 5.15 Å². The number of halogens is 2. The maximum Gasteiger partial charge on any atom is 0.237 e. The number of carbonyl (C=O) groups excluding carboxylic acids is 1. The molecular weight excluding hydrogens is 319 g/mol. The standard InChI is InChI=1S/C16H18ClFN4O/c1-8-12(18)5-13(21-8)16(23)20-7-10-4-14(17)22-15(9-2-3-9)11(10)6-19/h4,8-9,12-13,21H,2-3,5,7H2,1H3,(H,20,23)/t8-,12+,13-/m0/s1. The summed E-state index contributed by atoms with van der Waals surface area (Å²) in [6, 6.07) is 2.92. The van der Waals surface area contributed by atoms with Gasteiger partial charge in [-0.3, -0.25) is 4.79 Å². The lowest BCUT2D eigenvalue weighted by atomic mass is 10.0. The number of nitriles is 1. The average molecular weight is 337 g/mol. The smallest absolute Gasteiger partial charge is 0.237 e. The van der Waals surface area contributed by atoms with E-state index in [-0.39, 0.29) is 24.9 Å². The molecule has 2 fully saturated rings. The molecule has 1 aliphatic heterocycles. The maximum atomic E-state index is 13.5. The molecule has 0 unspecified atom stereocenters. The Balaban J connectivity index is 1.71. The van der Waals surface area contributed by atoms with Crippen molar-refractivity contribution in [1.82, 2.24) is 15.6 Å². The van der Waals surface area contributed by atoms with Crippen LogP contribution in [0.4, 0.5) is 4.39 Å². The van der Waals surface area contributed by atoms with E-state index in [4.69, 9.17) is 11.6 Å². The van der Waals surface area contributed by atoms with Gasteiger partial charge >= 0.3 is 0 Å². The molecule has 5 nitrogen and oxygen atoms in total. The van der Waals surface area contributed by atoms with Crippen LogP contribution in [0.5, 0.6) is 0 Å². The molecule has 0 bridgehead atoms. The van der Waals surface area contributed by atoms with E-state index in [2.05, 4.69) is 21.7 Å². The Morgan fingerprint density at radius 2 is 2.35 bits per heavy atom. The first-order valence-electron chi connectivity index (χ1n) is 7.76. The van der Waals surface area contributed by atoms with Crippen molar-refractivity contribution in [3.8, 4) is 6.07 Å². The summed E-state index contributed by atoms with van der Waals surface area (Å²) in [5.41, 5.74) is 1.87. The second-order valence-corrected chi connectivity index (χ2v) is 6.62. The minimum atomic E-state index is -1.02. The predicted molar refractivity (Wildman–Crippen MR) is 83.7 cm³/mol. The van der Waals surface area contributed by atoms with Gasteiger partial charge in [-0.15, -0.1) is 0 Å². The van der Waals surface area contributed by atoms with Crippen LogP contribution in [0.1, 0.15) is 48.9 Å². The lowest BCUT2D eigenvalue weighted by Crippen LogP contribution is -2.42. The molecule has 1 aliphatic carbocycles. The lowest BCUT2D eigenvalue weighted by Gasteiger charge is -2.14. The number of pyridine rings is 1. The van der Waals surface area contributed by atoms with Crippen LogP contribution < -0.4 is 10.6 Å². The summed E-state index contributed by atoms with van der Waals surface area (Å²) in [5, 5.41) is 15.4. The molecule has 1 saturated carbocycles. The Morgan fingerprint density at radius 1 is 1.61 bits per heavy atom. The first-order valence-corrected chi connectivity index (χ1v) is 8.14. The molecule has 7 heteroatoms. The first-order chi connectivity index (χ1) is 11.0. The van der Waals surface area contributed by atoms with Crippen LogP contribution in [0.3, 0.4) is 0 Å². The van der Waals surface area contributed by atoms with Crippen LogP contribution in [0, 0.1) is 11.3 Å². The molecule has 3 rings (SSSR count). The summed E-state index contributed by atoms with van der Waals surface area (Å²) >= 11 is 6.04. The number of carbonyl (C=O) groups is 1. The highest BCUT2D eigenvalue weighted by Gasteiger charge is 2.35. The zero-order valence-electron chi connectivity index (χ0n) is 12.8. The van der Waals surface area contributed by atoms with Gasteiger partial charge in [0.1, 0.15) is 17.4 Å². The summed E-state index contributed by atoms with van der Waals surface area (Å²) in [6.45, 7) is 1.91. The predicted octanol–water partition coefficient (Wildman–Crippen LogP) is 2.19. The summed E-state index contributed by atoms with van der Waals surface area (Å²) in [5.74, 6) is 0.0317. The van der Waals surface area contributed by atoms with Crippen molar-refractivity contribution in [1.29, 1.82) is 5.26 Å². The van der Waals surface area contributed by atoms with Gasteiger partial charge in [-0.05, 0) is 31.4 Å². The van der Waals surface area contributed by atoms with Crippen molar-refractivity contribution >= 4 is 17.5 Å². The molecule has 1 aromatic rings. The molecular formula is C16H18ClFN4O. The molecule has 2 N–H and O–H groups in total. The molecule has 2 heterocycles. The average Bonchev–Trinajstić information content (AvgIpc) is 3.30. The highest BCUT2D eigenvalue weighted by atomic mass is 35.5. The summed E-state index contributed by atoms with van der Waals surface area (Å²) in [7, 11) is 0. The zero-order chi connectivity index (χ0) is 16.6. The third-order valence-corrected chi connectivity index (χ3v) is 4.60. The number of rotatable bonds is 4. The van der Waals surface area contributed by atoms with E-state index < -0.39 is 12.2 Å². The number of amides is 1. The van der Waals surface area contributed by atoms with E-state index in [1.54, 1.807) is 13.0 Å². The lowest BCUT2D eigenvalue weighted by molar-refractivity contribution is -0.123. The topological polar surface area (TPSA) is 77.8 Å². The number of hydrogen-bond donors (Lipinski definition) is 2. The van der Waals surface area contributed by atoms with Gasteiger partial charge in [0.15, 0.2) is 0 Å². The van der Waals surface area contributed by atoms with Gasteiger partial charge in [0.25, 0.3) is 0 Å². The van der Waals surface area contributed by atoms with Crippen molar-refractivity contribution in [3.63, 3.8) is 0 Å². The fourth-order valence-electron chi connectivity index (χ4n) is 2.91. The van der Waals surface area contributed by atoms with E-state index in [0.29, 0.717) is 22.2 Å². The highest BCUT2D eigenvalue weighted by molar-refractivity contribution is 6.29. The van der Waals surface area contributed by atoms with Gasteiger partial charge in [0, 0.05) is 24.9 Å². The molecule has 0 spiro atoms. The number of nitrogens with zero attached hydrogens (tertiary/aromatic N) is 2. The van der Waals surface area contributed by atoms with Gasteiger partial charge in [-0.2, -0.15) is 5.26 Å².